The zero-order valence-electron chi connectivity index (χ0n) is 14.2. The lowest BCUT2D eigenvalue weighted by molar-refractivity contribution is -0.138. The molecule has 0 saturated carbocycles. The molecule has 2 saturated heterocycles. The standard InChI is InChI=1S/C16H31N3O.2ClH/c1-13(2)15(18-8-5-4-6-9-18)16(20)19-10-7-14(12-19)11-17-3;;/h13-15,17H,4-12H2,1-3H3;2*1H. The highest BCUT2D eigenvalue weighted by Crippen LogP contribution is 2.23. The summed E-state index contributed by atoms with van der Waals surface area (Å²) in [5, 5.41) is 3.24. The SMILES string of the molecule is CNCC1CCN(C(=O)C(C(C)C)N2CCCCC2)C1.Cl.Cl. The van der Waals surface area contributed by atoms with Gasteiger partial charge in [-0.25, -0.2) is 0 Å². The van der Waals surface area contributed by atoms with E-state index in [-0.39, 0.29) is 30.9 Å². The molecule has 2 atom stereocenters. The van der Waals surface area contributed by atoms with Crippen LogP contribution >= 0.6 is 24.8 Å². The Labute approximate surface area is 148 Å². The number of hydrogen-bond acceptors (Lipinski definition) is 3. The maximum atomic E-state index is 12.9. The van der Waals surface area contributed by atoms with Crippen molar-refractivity contribution >= 4 is 30.7 Å². The number of nitrogens with zero attached hydrogens (tertiary/aromatic N) is 2. The van der Waals surface area contributed by atoms with Crippen LogP contribution in [0.3, 0.4) is 0 Å². The summed E-state index contributed by atoms with van der Waals surface area (Å²) in [7, 11) is 2.00. The van der Waals surface area contributed by atoms with Crippen LogP contribution in [0.4, 0.5) is 0 Å². The summed E-state index contributed by atoms with van der Waals surface area (Å²) in [5.41, 5.74) is 0. The van der Waals surface area contributed by atoms with E-state index in [0.717, 1.165) is 39.1 Å². The fourth-order valence-corrected chi connectivity index (χ4v) is 3.73. The molecule has 1 amide bonds. The number of piperidine rings is 1. The third-order valence-electron chi connectivity index (χ3n) is 4.76. The van der Waals surface area contributed by atoms with Crippen LogP contribution < -0.4 is 5.32 Å². The summed E-state index contributed by atoms with van der Waals surface area (Å²) in [4.78, 5) is 17.4. The van der Waals surface area contributed by atoms with Gasteiger partial charge in [0, 0.05) is 13.1 Å². The fraction of sp³-hybridized carbons (Fsp3) is 0.938. The number of rotatable bonds is 5. The van der Waals surface area contributed by atoms with Gasteiger partial charge in [-0.1, -0.05) is 20.3 Å². The number of likely N-dealkylation sites (tertiary alicyclic amines) is 2. The van der Waals surface area contributed by atoms with Crippen LogP contribution in [0.25, 0.3) is 0 Å². The zero-order valence-corrected chi connectivity index (χ0v) is 15.8. The smallest absolute Gasteiger partial charge is 0.240 e. The largest absolute Gasteiger partial charge is 0.341 e. The normalized spacial score (nSPS) is 23.8. The lowest BCUT2D eigenvalue weighted by Crippen LogP contribution is -2.52. The molecule has 0 aromatic heterocycles. The molecule has 2 aliphatic rings. The number of halogens is 2. The first-order valence-corrected chi connectivity index (χ1v) is 8.31. The fourth-order valence-electron chi connectivity index (χ4n) is 3.73. The molecular formula is C16H33Cl2N3O. The molecule has 1 N–H and O–H groups in total. The average Bonchev–Trinajstić information content (AvgIpc) is 2.89. The van der Waals surface area contributed by atoms with Crippen LogP contribution in [0.5, 0.6) is 0 Å². The second kappa shape index (κ2) is 10.7. The first-order chi connectivity index (χ1) is 9.63. The molecule has 2 unspecified atom stereocenters. The number of carbonyl (C=O) groups is 1. The second-order valence-corrected chi connectivity index (χ2v) is 6.78. The Balaban J connectivity index is 0.00000220. The average molecular weight is 354 g/mol. The van der Waals surface area contributed by atoms with Crippen LogP contribution in [0, 0.1) is 11.8 Å². The number of hydrogen-bond donors (Lipinski definition) is 1. The van der Waals surface area contributed by atoms with E-state index >= 15 is 0 Å². The minimum atomic E-state index is 0. The monoisotopic (exact) mass is 353 g/mol. The summed E-state index contributed by atoms with van der Waals surface area (Å²) >= 11 is 0. The molecule has 0 radical (unpaired) electrons. The Bertz CT molecular complexity index is 323. The van der Waals surface area contributed by atoms with E-state index in [2.05, 4.69) is 29.0 Å². The van der Waals surface area contributed by atoms with E-state index in [9.17, 15) is 4.79 Å². The first-order valence-electron chi connectivity index (χ1n) is 8.31. The van der Waals surface area contributed by atoms with Gasteiger partial charge in [-0.05, 0) is 57.8 Å². The van der Waals surface area contributed by atoms with E-state index in [1.165, 1.54) is 19.3 Å². The van der Waals surface area contributed by atoms with Crippen LogP contribution in [0.1, 0.15) is 39.5 Å². The van der Waals surface area contributed by atoms with Crippen molar-refractivity contribution in [3.8, 4) is 0 Å². The van der Waals surface area contributed by atoms with Crippen molar-refractivity contribution in [2.24, 2.45) is 11.8 Å². The lowest BCUT2D eigenvalue weighted by atomic mass is 9.98. The maximum Gasteiger partial charge on any atom is 0.240 e. The van der Waals surface area contributed by atoms with E-state index in [4.69, 9.17) is 0 Å². The third kappa shape index (κ3) is 5.55. The highest BCUT2D eigenvalue weighted by molar-refractivity contribution is 5.85. The van der Waals surface area contributed by atoms with Crippen molar-refractivity contribution < 1.29 is 4.79 Å². The van der Waals surface area contributed by atoms with Crippen LogP contribution in [-0.4, -0.2) is 61.5 Å². The highest BCUT2D eigenvalue weighted by atomic mass is 35.5. The summed E-state index contributed by atoms with van der Waals surface area (Å²) in [6.45, 7) is 9.50. The Morgan fingerprint density at radius 1 is 1.14 bits per heavy atom. The predicted octanol–water partition coefficient (Wildman–Crippen LogP) is 2.41. The molecule has 0 aliphatic carbocycles. The van der Waals surface area contributed by atoms with E-state index in [0.29, 0.717) is 17.7 Å². The van der Waals surface area contributed by atoms with Gasteiger partial charge < -0.3 is 10.2 Å². The zero-order chi connectivity index (χ0) is 14.5. The number of amides is 1. The third-order valence-corrected chi connectivity index (χ3v) is 4.76. The summed E-state index contributed by atoms with van der Waals surface area (Å²) in [5.74, 6) is 1.42. The lowest BCUT2D eigenvalue weighted by Gasteiger charge is -2.38. The van der Waals surface area contributed by atoms with Gasteiger partial charge in [0.15, 0.2) is 0 Å². The molecule has 22 heavy (non-hydrogen) atoms. The summed E-state index contributed by atoms with van der Waals surface area (Å²) < 4.78 is 0. The van der Waals surface area contributed by atoms with Crippen molar-refractivity contribution in [1.29, 1.82) is 0 Å². The first kappa shape index (κ1) is 22.0. The minimum absolute atomic E-state index is 0. The molecule has 2 heterocycles. The van der Waals surface area contributed by atoms with Crippen molar-refractivity contribution in [3.63, 3.8) is 0 Å². The van der Waals surface area contributed by atoms with Gasteiger partial charge in [0.25, 0.3) is 0 Å². The van der Waals surface area contributed by atoms with Crippen molar-refractivity contribution in [2.75, 3.05) is 39.8 Å². The van der Waals surface area contributed by atoms with Gasteiger partial charge in [0.05, 0.1) is 6.04 Å². The number of carbonyl (C=O) groups excluding carboxylic acids is 1. The summed E-state index contributed by atoms with van der Waals surface area (Å²) in [6.07, 6.45) is 4.97. The van der Waals surface area contributed by atoms with E-state index < -0.39 is 0 Å². The van der Waals surface area contributed by atoms with Crippen LogP contribution in [0.15, 0.2) is 0 Å². The summed E-state index contributed by atoms with van der Waals surface area (Å²) in [6, 6.07) is 0.101. The van der Waals surface area contributed by atoms with Gasteiger partial charge in [-0.15, -0.1) is 24.8 Å². The van der Waals surface area contributed by atoms with Gasteiger partial charge in [-0.3, -0.25) is 9.69 Å². The van der Waals surface area contributed by atoms with Gasteiger partial charge in [-0.2, -0.15) is 0 Å². The highest BCUT2D eigenvalue weighted by Gasteiger charge is 2.35. The quantitative estimate of drug-likeness (QED) is 0.824. The molecular weight excluding hydrogens is 321 g/mol. The Hall–Kier alpha value is -0.0300. The van der Waals surface area contributed by atoms with Gasteiger partial charge >= 0.3 is 0 Å². The Morgan fingerprint density at radius 2 is 1.77 bits per heavy atom. The topological polar surface area (TPSA) is 35.6 Å². The van der Waals surface area contributed by atoms with Crippen molar-refractivity contribution in [3.05, 3.63) is 0 Å². The van der Waals surface area contributed by atoms with Gasteiger partial charge in [0.2, 0.25) is 5.91 Å². The molecule has 0 spiro atoms. The predicted molar refractivity (Wildman–Crippen MR) is 97.2 cm³/mol. The molecule has 2 aliphatic heterocycles. The van der Waals surface area contributed by atoms with Crippen LogP contribution in [0.2, 0.25) is 0 Å². The second-order valence-electron chi connectivity index (χ2n) is 6.78. The molecule has 132 valence electrons. The van der Waals surface area contributed by atoms with Crippen molar-refractivity contribution in [1.82, 2.24) is 15.1 Å². The number of nitrogens with one attached hydrogen (secondary N) is 1. The van der Waals surface area contributed by atoms with E-state index in [1.807, 2.05) is 7.05 Å². The molecule has 0 aromatic carbocycles. The minimum Gasteiger partial charge on any atom is -0.341 e. The van der Waals surface area contributed by atoms with E-state index in [1.54, 1.807) is 0 Å². The Morgan fingerprint density at radius 3 is 2.32 bits per heavy atom. The molecule has 0 aromatic rings. The van der Waals surface area contributed by atoms with Crippen molar-refractivity contribution in [2.45, 2.75) is 45.6 Å². The Kier molecular flexibility index (Phi) is 10.7. The molecule has 2 fully saturated rings. The molecule has 4 nitrogen and oxygen atoms in total. The molecule has 6 heteroatoms. The molecule has 0 bridgehead atoms. The molecule has 2 rings (SSSR count). The maximum absolute atomic E-state index is 12.9. The van der Waals surface area contributed by atoms with Gasteiger partial charge in [0.1, 0.15) is 0 Å². The van der Waals surface area contributed by atoms with Crippen LogP contribution in [-0.2, 0) is 4.79 Å².